The normalized spacial score (nSPS) is 12.4. The first-order valence-electron chi connectivity index (χ1n) is 5.32. The lowest BCUT2D eigenvalue weighted by Crippen LogP contribution is -1.93. The Morgan fingerprint density at radius 1 is 1.33 bits per heavy atom. The first-order chi connectivity index (χ1) is 8.60. The molecule has 0 aliphatic heterocycles. The molecule has 0 aliphatic rings. The lowest BCUT2D eigenvalue weighted by atomic mass is 10.1. The molecule has 18 heavy (non-hydrogen) atoms. The Labute approximate surface area is 132 Å². The second-order valence-electron chi connectivity index (χ2n) is 3.79. The van der Waals surface area contributed by atoms with Gasteiger partial charge in [0.05, 0.1) is 20.7 Å². The van der Waals surface area contributed by atoms with E-state index in [2.05, 4.69) is 44.0 Å². The molecule has 1 atom stereocenters. The van der Waals surface area contributed by atoms with Gasteiger partial charge < -0.3 is 4.74 Å². The number of methoxy groups -OCH3 is 1. The number of thiophene rings is 1. The van der Waals surface area contributed by atoms with Crippen LogP contribution < -0.4 is 4.74 Å². The molecule has 1 aromatic heterocycles. The van der Waals surface area contributed by atoms with Crippen LogP contribution in [-0.4, -0.2) is 7.11 Å². The molecule has 0 spiro atoms. The molecule has 96 valence electrons. The van der Waals surface area contributed by atoms with Gasteiger partial charge in [-0.15, -0.1) is 11.3 Å². The molecule has 1 unspecified atom stereocenters. The summed E-state index contributed by atoms with van der Waals surface area (Å²) in [6.45, 7) is 0. The average molecular weight is 411 g/mol. The number of benzene rings is 1. The number of hydrogen-bond acceptors (Lipinski definition) is 2. The van der Waals surface area contributed by atoms with Gasteiger partial charge in [-0.3, -0.25) is 0 Å². The number of hydrogen-bond donors (Lipinski definition) is 0. The summed E-state index contributed by atoms with van der Waals surface area (Å²) in [5, 5.41) is 0.772. The predicted octanol–water partition coefficient (Wildman–Crippen LogP) is 5.85. The molecular weight excluding hydrogens is 399 g/mol. The van der Waals surface area contributed by atoms with E-state index in [4.69, 9.17) is 16.3 Å². The van der Waals surface area contributed by atoms with Crippen molar-refractivity contribution in [1.29, 1.82) is 0 Å². The summed E-state index contributed by atoms with van der Waals surface area (Å²) in [4.78, 5) is 1.50. The van der Waals surface area contributed by atoms with Crippen LogP contribution in [0.25, 0.3) is 0 Å². The van der Waals surface area contributed by atoms with E-state index in [-0.39, 0.29) is 4.83 Å². The maximum Gasteiger partial charge on any atom is 0.118 e. The third-order valence-electron chi connectivity index (χ3n) is 2.55. The highest BCUT2D eigenvalue weighted by atomic mass is 79.9. The molecule has 2 rings (SSSR count). The molecular formula is C13H11Br2ClOS. The summed E-state index contributed by atoms with van der Waals surface area (Å²) in [6.07, 6.45) is 0.924. The van der Waals surface area contributed by atoms with Crippen molar-refractivity contribution >= 4 is 54.8 Å². The molecule has 0 saturated heterocycles. The van der Waals surface area contributed by atoms with Gasteiger partial charge in [0.15, 0.2) is 0 Å². The zero-order chi connectivity index (χ0) is 13.1. The average Bonchev–Trinajstić information content (AvgIpc) is 2.71. The summed E-state index contributed by atoms with van der Waals surface area (Å²) in [5.41, 5.74) is 1.26. The van der Waals surface area contributed by atoms with Crippen molar-refractivity contribution in [3.63, 3.8) is 0 Å². The van der Waals surface area contributed by atoms with Gasteiger partial charge in [0.1, 0.15) is 5.75 Å². The van der Waals surface area contributed by atoms with Crippen molar-refractivity contribution in [3.05, 3.63) is 49.6 Å². The van der Waals surface area contributed by atoms with Crippen LogP contribution in [0.4, 0.5) is 0 Å². The van der Waals surface area contributed by atoms with Crippen LogP contribution in [0.3, 0.4) is 0 Å². The van der Waals surface area contributed by atoms with Crippen molar-refractivity contribution < 1.29 is 4.74 Å². The van der Waals surface area contributed by atoms with Gasteiger partial charge in [0, 0.05) is 4.88 Å². The Kier molecular flexibility index (Phi) is 5.13. The third-order valence-corrected chi connectivity index (χ3v) is 6.26. The third kappa shape index (κ3) is 3.50. The van der Waals surface area contributed by atoms with E-state index in [9.17, 15) is 0 Å². The maximum atomic E-state index is 6.04. The molecule has 1 nitrogen and oxygen atoms in total. The molecule has 0 aliphatic carbocycles. The van der Waals surface area contributed by atoms with Crippen molar-refractivity contribution in [2.45, 2.75) is 11.2 Å². The first kappa shape index (κ1) is 14.4. The van der Waals surface area contributed by atoms with E-state index in [1.54, 1.807) is 18.4 Å². The smallest absolute Gasteiger partial charge is 0.118 e. The van der Waals surface area contributed by atoms with Crippen molar-refractivity contribution in [2.24, 2.45) is 0 Å². The zero-order valence-corrected chi connectivity index (χ0v) is 14.4. The second kappa shape index (κ2) is 6.42. The Balaban J connectivity index is 2.08. The molecule has 0 amide bonds. The van der Waals surface area contributed by atoms with Crippen LogP contribution in [-0.2, 0) is 6.42 Å². The van der Waals surface area contributed by atoms with Crippen LogP contribution in [0.15, 0.2) is 34.1 Å². The standard InChI is InChI=1S/C13H11Br2ClOS/c1-17-9-4-2-8(3-5-9)6-10(14)12-7-11(16)13(15)18-12/h2-5,7,10H,6H2,1H3. The summed E-state index contributed by atoms with van der Waals surface area (Å²) < 4.78 is 6.13. The van der Waals surface area contributed by atoms with Gasteiger partial charge in [-0.2, -0.15) is 0 Å². The van der Waals surface area contributed by atoms with Crippen LogP contribution >= 0.6 is 54.8 Å². The molecule has 0 N–H and O–H groups in total. The fourth-order valence-electron chi connectivity index (χ4n) is 1.59. The van der Waals surface area contributed by atoms with E-state index in [0.29, 0.717) is 0 Å². The quantitative estimate of drug-likeness (QED) is 0.575. The molecule has 0 radical (unpaired) electrons. The van der Waals surface area contributed by atoms with Gasteiger partial charge >= 0.3 is 0 Å². The minimum atomic E-state index is 0.277. The Bertz CT molecular complexity index is 505. The van der Waals surface area contributed by atoms with Crippen LogP contribution in [0.1, 0.15) is 15.3 Å². The molecule has 0 saturated carbocycles. The molecule has 0 bridgehead atoms. The van der Waals surface area contributed by atoms with E-state index < -0.39 is 0 Å². The van der Waals surface area contributed by atoms with Crippen LogP contribution in [0.2, 0.25) is 5.02 Å². The predicted molar refractivity (Wildman–Crippen MR) is 85.4 cm³/mol. The van der Waals surface area contributed by atoms with E-state index in [0.717, 1.165) is 21.0 Å². The molecule has 1 heterocycles. The van der Waals surface area contributed by atoms with Crippen LogP contribution in [0, 0.1) is 0 Å². The number of alkyl halides is 1. The topological polar surface area (TPSA) is 9.23 Å². The Morgan fingerprint density at radius 3 is 2.50 bits per heavy atom. The molecule has 2 aromatic rings. The van der Waals surface area contributed by atoms with Gasteiger partial charge in [0.25, 0.3) is 0 Å². The summed E-state index contributed by atoms with van der Waals surface area (Å²) in [7, 11) is 1.67. The van der Waals surface area contributed by atoms with Gasteiger partial charge in [0.2, 0.25) is 0 Å². The number of rotatable bonds is 4. The van der Waals surface area contributed by atoms with Crippen molar-refractivity contribution in [1.82, 2.24) is 0 Å². The van der Waals surface area contributed by atoms with Gasteiger partial charge in [-0.25, -0.2) is 0 Å². The van der Waals surface area contributed by atoms with Gasteiger partial charge in [-0.05, 0) is 46.1 Å². The number of halogens is 3. The fraction of sp³-hybridized carbons (Fsp3) is 0.231. The Morgan fingerprint density at radius 2 is 2.00 bits per heavy atom. The van der Waals surface area contributed by atoms with Crippen LogP contribution in [0.5, 0.6) is 5.75 Å². The maximum absolute atomic E-state index is 6.04. The highest BCUT2D eigenvalue weighted by Crippen LogP contribution is 2.39. The minimum Gasteiger partial charge on any atom is -0.497 e. The highest BCUT2D eigenvalue weighted by Gasteiger charge is 2.13. The van der Waals surface area contributed by atoms with E-state index in [1.165, 1.54) is 10.4 Å². The SMILES string of the molecule is COc1ccc(CC(Br)c2cc(Cl)c(Br)s2)cc1. The van der Waals surface area contributed by atoms with E-state index in [1.807, 2.05) is 18.2 Å². The highest BCUT2D eigenvalue weighted by molar-refractivity contribution is 9.11. The summed E-state index contributed by atoms with van der Waals surface area (Å²) in [5.74, 6) is 0.881. The lowest BCUT2D eigenvalue weighted by Gasteiger charge is -2.08. The van der Waals surface area contributed by atoms with Crippen molar-refractivity contribution in [3.8, 4) is 5.75 Å². The Hall–Kier alpha value is -0.0300. The minimum absolute atomic E-state index is 0.277. The second-order valence-corrected chi connectivity index (χ2v) is 7.70. The zero-order valence-electron chi connectivity index (χ0n) is 9.62. The largest absolute Gasteiger partial charge is 0.497 e. The van der Waals surface area contributed by atoms with E-state index >= 15 is 0 Å². The summed E-state index contributed by atoms with van der Waals surface area (Å²) in [6, 6.07) is 10.1. The molecule has 0 fully saturated rings. The first-order valence-corrected chi connectivity index (χ1v) is 8.22. The van der Waals surface area contributed by atoms with Gasteiger partial charge in [-0.1, -0.05) is 39.7 Å². The monoisotopic (exact) mass is 408 g/mol. The lowest BCUT2D eigenvalue weighted by molar-refractivity contribution is 0.414. The molecule has 1 aromatic carbocycles. The summed E-state index contributed by atoms with van der Waals surface area (Å²) >= 11 is 14.8. The molecule has 5 heteroatoms. The number of ether oxygens (including phenoxy) is 1. The van der Waals surface area contributed by atoms with Crippen molar-refractivity contribution in [2.75, 3.05) is 7.11 Å². The fourth-order valence-corrected chi connectivity index (χ4v) is 4.10.